The van der Waals surface area contributed by atoms with Gasteiger partial charge in [-0.1, -0.05) is 38.8 Å². The molecule has 132 valence electrons. The number of hydrogen-bond donors (Lipinski definition) is 2. The van der Waals surface area contributed by atoms with E-state index in [2.05, 4.69) is 36.4 Å². The van der Waals surface area contributed by atoms with Crippen LogP contribution in [-0.2, 0) is 6.54 Å². The van der Waals surface area contributed by atoms with Crippen LogP contribution in [0.15, 0.2) is 29.3 Å². The maximum absolute atomic E-state index is 10.7. The second-order valence-electron chi connectivity index (χ2n) is 6.89. The zero-order valence-corrected chi connectivity index (χ0v) is 14.8. The van der Waals surface area contributed by atoms with Crippen LogP contribution >= 0.6 is 0 Å². The van der Waals surface area contributed by atoms with Crippen molar-refractivity contribution in [2.45, 2.75) is 65.1 Å². The first-order chi connectivity index (χ1) is 11.5. The Labute approximate surface area is 143 Å². The van der Waals surface area contributed by atoms with Crippen molar-refractivity contribution in [3.63, 3.8) is 0 Å². The summed E-state index contributed by atoms with van der Waals surface area (Å²) >= 11 is 0. The van der Waals surface area contributed by atoms with E-state index in [4.69, 9.17) is 0 Å². The number of non-ortho nitro benzene ring substituents is 1. The Morgan fingerprint density at radius 3 is 2.42 bits per heavy atom. The molecule has 0 saturated heterocycles. The average molecular weight is 332 g/mol. The largest absolute Gasteiger partial charge is 0.354 e. The number of nitro groups is 1. The van der Waals surface area contributed by atoms with Crippen molar-refractivity contribution < 1.29 is 4.92 Å². The SMILES string of the molecule is CC(C)C(C)NC(=NCc1ccc([N+](=O)[O-])cc1)NC1CCCC1. The third-order valence-corrected chi connectivity index (χ3v) is 4.63. The third-order valence-electron chi connectivity index (χ3n) is 4.63. The molecule has 1 unspecified atom stereocenters. The van der Waals surface area contributed by atoms with Gasteiger partial charge in [-0.2, -0.15) is 0 Å². The fraction of sp³-hybridized carbons (Fsp3) is 0.611. The molecule has 1 fully saturated rings. The summed E-state index contributed by atoms with van der Waals surface area (Å²) in [5, 5.41) is 17.7. The summed E-state index contributed by atoms with van der Waals surface area (Å²) in [5.74, 6) is 1.35. The van der Waals surface area contributed by atoms with Crippen LogP contribution in [0.3, 0.4) is 0 Å². The quantitative estimate of drug-likeness (QED) is 0.361. The van der Waals surface area contributed by atoms with Gasteiger partial charge in [0.15, 0.2) is 5.96 Å². The van der Waals surface area contributed by atoms with Crippen molar-refractivity contribution in [3.05, 3.63) is 39.9 Å². The van der Waals surface area contributed by atoms with E-state index in [1.165, 1.54) is 37.8 Å². The monoisotopic (exact) mass is 332 g/mol. The Balaban J connectivity index is 2.03. The smallest absolute Gasteiger partial charge is 0.269 e. The summed E-state index contributed by atoms with van der Waals surface area (Å²) in [4.78, 5) is 15.0. The number of nitro benzene ring substituents is 1. The molecule has 6 nitrogen and oxygen atoms in total. The maximum Gasteiger partial charge on any atom is 0.269 e. The summed E-state index contributed by atoms with van der Waals surface area (Å²) in [7, 11) is 0. The van der Waals surface area contributed by atoms with Crippen LogP contribution < -0.4 is 10.6 Å². The summed E-state index contributed by atoms with van der Waals surface area (Å²) in [6.45, 7) is 7.02. The highest BCUT2D eigenvalue weighted by Gasteiger charge is 2.17. The maximum atomic E-state index is 10.7. The highest BCUT2D eigenvalue weighted by Crippen LogP contribution is 2.18. The van der Waals surface area contributed by atoms with Gasteiger partial charge in [0, 0.05) is 24.2 Å². The molecule has 0 bridgehead atoms. The second-order valence-corrected chi connectivity index (χ2v) is 6.89. The van der Waals surface area contributed by atoms with Gasteiger partial charge in [0.25, 0.3) is 5.69 Å². The molecule has 0 heterocycles. The van der Waals surface area contributed by atoms with Crippen LogP contribution in [0.5, 0.6) is 0 Å². The van der Waals surface area contributed by atoms with E-state index >= 15 is 0 Å². The number of rotatable bonds is 6. The number of aliphatic imine (C=N–C) groups is 1. The molecule has 0 amide bonds. The van der Waals surface area contributed by atoms with Crippen molar-refractivity contribution in [2.24, 2.45) is 10.9 Å². The Bertz CT molecular complexity index is 557. The number of nitrogens with zero attached hydrogens (tertiary/aromatic N) is 2. The van der Waals surface area contributed by atoms with E-state index in [9.17, 15) is 10.1 Å². The number of benzene rings is 1. The molecule has 24 heavy (non-hydrogen) atoms. The van der Waals surface area contributed by atoms with Gasteiger partial charge in [0.2, 0.25) is 0 Å². The molecule has 1 aromatic rings. The zero-order valence-electron chi connectivity index (χ0n) is 14.8. The minimum absolute atomic E-state index is 0.110. The lowest BCUT2D eigenvalue weighted by atomic mass is 10.1. The fourth-order valence-electron chi connectivity index (χ4n) is 2.67. The van der Waals surface area contributed by atoms with Gasteiger partial charge in [-0.3, -0.25) is 10.1 Å². The van der Waals surface area contributed by atoms with Crippen molar-refractivity contribution in [1.82, 2.24) is 10.6 Å². The molecular weight excluding hydrogens is 304 g/mol. The van der Waals surface area contributed by atoms with Crippen molar-refractivity contribution >= 4 is 11.6 Å². The van der Waals surface area contributed by atoms with Gasteiger partial charge in [0.1, 0.15) is 0 Å². The molecule has 0 aliphatic heterocycles. The predicted molar refractivity (Wildman–Crippen MR) is 97.1 cm³/mol. The molecule has 2 rings (SSSR count). The Hall–Kier alpha value is -2.11. The highest BCUT2D eigenvalue weighted by molar-refractivity contribution is 5.80. The van der Waals surface area contributed by atoms with E-state index < -0.39 is 0 Å². The number of guanidine groups is 1. The summed E-state index contributed by atoms with van der Waals surface area (Å²) in [6, 6.07) is 7.40. The van der Waals surface area contributed by atoms with Gasteiger partial charge < -0.3 is 10.6 Å². The Morgan fingerprint density at radius 2 is 1.88 bits per heavy atom. The van der Waals surface area contributed by atoms with Gasteiger partial charge in [-0.25, -0.2) is 4.99 Å². The predicted octanol–water partition coefficient (Wildman–Crippen LogP) is 3.62. The molecule has 1 atom stereocenters. The normalized spacial score (nSPS) is 17.1. The average Bonchev–Trinajstić information content (AvgIpc) is 3.05. The lowest BCUT2D eigenvalue weighted by molar-refractivity contribution is -0.384. The van der Waals surface area contributed by atoms with E-state index in [1.54, 1.807) is 12.1 Å². The molecule has 2 N–H and O–H groups in total. The van der Waals surface area contributed by atoms with Crippen molar-refractivity contribution in [3.8, 4) is 0 Å². The first-order valence-electron chi connectivity index (χ1n) is 8.76. The standard InChI is InChI=1S/C18H28N4O2/c1-13(2)14(3)20-18(21-16-6-4-5-7-16)19-12-15-8-10-17(11-9-15)22(23)24/h8-11,13-14,16H,4-7,12H2,1-3H3,(H2,19,20,21). The highest BCUT2D eigenvalue weighted by atomic mass is 16.6. The van der Waals surface area contributed by atoms with Crippen molar-refractivity contribution in [2.75, 3.05) is 0 Å². The zero-order chi connectivity index (χ0) is 17.5. The van der Waals surface area contributed by atoms with Gasteiger partial charge in [-0.15, -0.1) is 0 Å². The summed E-state index contributed by atoms with van der Waals surface area (Å²) in [5.41, 5.74) is 1.07. The molecule has 0 aromatic heterocycles. The minimum atomic E-state index is -0.383. The minimum Gasteiger partial charge on any atom is -0.354 e. The van der Waals surface area contributed by atoms with Gasteiger partial charge >= 0.3 is 0 Å². The topological polar surface area (TPSA) is 79.6 Å². The molecule has 1 saturated carbocycles. The van der Waals surface area contributed by atoms with Crippen LogP contribution in [0.4, 0.5) is 5.69 Å². The van der Waals surface area contributed by atoms with Gasteiger partial charge in [-0.05, 0) is 31.2 Å². The fourth-order valence-corrected chi connectivity index (χ4v) is 2.67. The van der Waals surface area contributed by atoms with Crippen LogP contribution in [0.2, 0.25) is 0 Å². The van der Waals surface area contributed by atoms with E-state index in [0.717, 1.165) is 11.5 Å². The van der Waals surface area contributed by atoms with Gasteiger partial charge in [0.05, 0.1) is 11.5 Å². The molecular formula is C18H28N4O2. The second kappa shape index (κ2) is 8.66. The Kier molecular flexibility index (Phi) is 6.58. The van der Waals surface area contributed by atoms with E-state index in [0.29, 0.717) is 24.5 Å². The van der Waals surface area contributed by atoms with Crippen LogP contribution in [-0.4, -0.2) is 23.0 Å². The van der Waals surface area contributed by atoms with Crippen LogP contribution in [0.25, 0.3) is 0 Å². The lowest BCUT2D eigenvalue weighted by Gasteiger charge is -2.23. The molecule has 1 aromatic carbocycles. The van der Waals surface area contributed by atoms with Crippen LogP contribution in [0, 0.1) is 16.0 Å². The molecule has 0 radical (unpaired) electrons. The molecule has 1 aliphatic carbocycles. The third kappa shape index (κ3) is 5.51. The summed E-state index contributed by atoms with van der Waals surface area (Å²) in [6.07, 6.45) is 4.92. The first kappa shape index (κ1) is 18.2. The molecule has 0 spiro atoms. The van der Waals surface area contributed by atoms with E-state index in [1.807, 2.05) is 0 Å². The molecule has 1 aliphatic rings. The first-order valence-corrected chi connectivity index (χ1v) is 8.76. The van der Waals surface area contributed by atoms with Crippen molar-refractivity contribution in [1.29, 1.82) is 0 Å². The molecule has 6 heteroatoms. The lowest BCUT2D eigenvalue weighted by Crippen LogP contribution is -2.47. The number of hydrogen-bond acceptors (Lipinski definition) is 3. The van der Waals surface area contributed by atoms with E-state index in [-0.39, 0.29) is 10.6 Å². The van der Waals surface area contributed by atoms with Crippen LogP contribution in [0.1, 0.15) is 52.0 Å². The summed E-state index contributed by atoms with van der Waals surface area (Å²) < 4.78 is 0. The number of nitrogens with one attached hydrogen (secondary N) is 2. The Morgan fingerprint density at radius 1 is 1.25 bits per heavy atom.